The summed E-state index contributed by atoms with van der Waals surface area (Å²) >= 11 is 1.33. The van der Waals surface area contributed by atoms with E-state index in [2.05, 4.69) is 23.1 Å². The van der Waals surface area contributed by atoms with E-state index in [1.165, 1.54) is 31.2 Å². The summed E-state index contributed by atoms with van der Waals surface area (Å²) in [5, 5.41) is 0. The number of carbonyl (C=O) groups excluding carboxylic acids is 1. The van der Waals surface area contributed by atoms with Crippen LogP contribution in [0.25, 0.3) is 0 Å². The van der Waals surface area contributed by atoms with Crippen molar-refractivity contribution in [2.45, 2.75) is 39.3 Å². The van der Waals surface area contributed by atoms with Crippen molar-refractivity contribution in [1.29, 1.82) is 0 Å². The molecule has 0 saturated carbocycles. The third-order valence-electron chi connectivity index (χ3n) is 2.84. The number of hydrogen-bond donors (Lipinski definition) is 0. The predicted molar refractivity (Wildman–Crippen MR) is 61.6 cm³/mol. The molecule has 0 aliphatic carbocycles. The van der Waals surface area contributed by atoms with Crippen molar-refractivity contribution >= 4 is 17.6 Å². The average Bonchev–Trinajstić information content (AvgIpc) is 2.23. The van der Waals surface area contributed by atoms with E-state index in [0.717, 1.165) is 25.3 Å². The molecule has 1 atom stereocenters. The van der Waals surface area contributed by atoms with Crippen LogP contribution < -0.4 is 0 Å². The van der Waals surface area contributed by atoms with Crippen LogP contribution in [-0.4, -0.2) is 40.6 Å². The Kier molecular flexibility index (Phi) is 5.52. The smallest absolute Gasteiger partial charge is 0.191 e. The molecule has 0 aromatic rings. The van der Waals surface area contributed by atoms with Crippen molar-refractivity contribution in [2.24, 2.45) is 0 Å². The van der Waals surface area contributed by atoms with E-state index in [9.17, 15) is 4.79 Å². The van der Waals surface area contributed by atoms with Crippen molar-refractivity contribution < 1.29 is 4.79 Å². The molecular formula is C10H20N2OS. The van der Waals surface area contributed by atoms with Gasteiger partial charge in [0, 0.05) is 6.54 Å². The predicted octanol–water partition coefficient (Wildman–Crippen LogP) is 1.98. The Morgan fingerprint density at radius 1 is 1.43 bits per heavy atom. The Bertz CT molecular complexity index is 174. The van der Waals surface area contributed by atoms with Crippen LogP contribution in [0.3, 0.4) is 0 Å². The van der Waals surface area contributed by atoms with Gasteiger partial charge in [-0.05, 0) is 44.3 Å². The van der Waals surface area contributed by atoms with Gasteiger partial charge >= 0.3 is 0 Å². The molecule has 0 radical (unpaired) electrons. The molecule has 0 aromatic heterocycles. The van der Waals surface area contributed by atoms with Gasteiger partial charge in [-0.3, -0.25) is 9.69 Å². The monoisotopic (exact) mass is 216 g/mol. The molecular weight excluding hydrogens is 196 g/mol. The largest absolute Gasteiger partial charge is 0.290 e. The van der Waals surface area contributed by atoms with E-state index in [-0.39, 0.29) is 0 Å². The molecule has 0 aromatic carbocycles. The van der Waals surface area contributed by atoms with Crippen LogP contribution in [-0.2, 0) is 4.79 Å². The van der Waals surface area contributed by atoms with Crippen molar-refractivity contribution in [3.8, 4) is 0 Å². The molecule has 0 spiro atoms. The molecule has 82 valence electrons. The topological polar surface area (TPSA) is 23.6 Å². The lowest BCUT2D eigenvalue weighted by molar-refractivity contribution is 0.0879. The fourth-order valence-corrected chi connectivity index (χ4v) is 2.80. The van der Waals surface area contributed by atoms with E-state index in [1.807, 2.05) is 0 Å². The average molecular weight is 216 g/mol. The third-order valence-corrected chi connectivity index (χ3v) is 3.62. The molecule has 1 rings (SSSR count). The molecule has 1 fully saturated rings. The summed E-state index contributed by atoms with van der Waals surface area (Å²) in [6, 6.07) is 0. The van der Waals surface area contributed by atoms with Crippen molar-refractivity contribution in [3.05, 3.63) is 0 Å². The Labute approximate surface area is 91.0 Å². The van der Waals surface area contributed by atoms with Gasteiger partial charge in [-0.15, -0.1) is 0 Å². The highest BCUT2D eigenvalue weighted by atomic mass is 32.2. The second-order valence-electron chi connectivity index (χ2n) is 3.54. The minimum atomic E-state index is 0.467. The Morgan fingerprint density at radius 2 is 2.14 bits per heavy atom. The Hall–Kier alpha value is -0.0600. The van der Waals surface area contributed by atoms with Crippen LogP contribution >= 0.6 is 11.9 Å². The number of carbonyl (C=O) groups is 1. The minimum absolute atomic E-state index is 0.467. The molecule has 1 aliphatic rings. The maximum atomic E-state index is 10.5. The van der Waals surface area contributed by atoms with Crippen LogP contribution in [0.4, 0.5) is 0 Å². The normalized spacial score (nSPS) is 24.1. The highest BCUT2D eigenvalue weighted by Gasteiger charge is 2.26. The molecule has 1 heterocycles. The van der Waals surface area contributed by atoms with Crippen LogP contribution in [0, 0.1) is 0 Å². The zero-order valence-electron chi connectivity index (χ0n) is 9.11. The first-order chi connectivity index (χ1) is 6.83. The molecule has 4 heteroatoms. The van der Waals surface area contributed by atoms with Crippen molar-refractivity contribution in [3.63, 3.8) is 0 Å². The zero-order valence-corrected chi connectivity index (χ0v) is 9.92. The van der Waals surface area contributed by atoms with Gasteiger partial charge in [0.25, 0.3) is 0 Å². The summed E-state index contributed by atoms with van der Waals surface area (Å²) in [5.74, 6) is 0. The summed E-state index contributed by atoms with van der Waals surface area (Å²) in [7, 11) is 0. The summed E-state index contributed by atoms with van der Waals surface area (Å²) in [6.07, 6.45) is 4.17. The first-order valence-corrected chi connectivity index (χ1v) is 6.28. The van der Waals surface area contributed by atoms with Gasteiger partial charge in [0.2, 0.25) is 0 Å². The fourth-order valence-electron chi connectivity index (χ4n) is 2.08. The first-order valence-electron chi connectivity index (χ1n) is 5.44. The van der Waals surface area contributed by atoms with Gasteiger partial charge in [-0.2, -0.15) is 0 Å². The van der Waals surface area contributed by atoms with Gasteiger partial charge < -0.3 is 0 Å². The molecule has 0 amide bonds. The first kappa shape index (κ1) is 12.0. The lowest BCUT2D eigenvalue weighted by Gasteiger charge is -2.40. The van der Waals surface area contributed by atoms with Crippen LogP contribution in [0.5, 0.6) is 0 Å². The molecule has 0 bridgehead atoms. The second-order valence-corrected chi connectivity index (χ2v) is 4.41. The SMILES string of the molecule is CCN(CC)C1CCCCN1SC=O. The van der Waals surface area contributed by atoms with Gasteiger partial charge in [-0.1, -0.05) is 13.8 Å². The van der Waals surface area contributed by atoms with Crippen LogP contribution in [0.2, 0.25) is 0 Å². The van der Waals surface area contributed by atoms with E-state index < -0.39 is 0 Å². The lowest BCUT2D eigenvalue weighted by Crippen LogP contribution is -2.47. The fraction of sp³-hybridized carbons (Fsp3) is 0.900. The van der Waals surface area contributed by atoms with Gasteiger partial charge in [-0.25, -0.2) is 4.31 Å². The number of hydrogen-bond acceptors (Lipinski definition) is 4. The van der Waals surface area contributed by atoms with E-state index in [0.29, 0.717) is 6.17 Å². The zero-order chi connectivity index (χ0) is 10.4. The van der Waals surface area contributed by atoms with E-state index in [1.54, 1.807) is 0 Å². The van der Waals surface area contributed by atoms with Gasteiger partial charge in [0.05, 0.1) is 6.17 Å². The van der Waals surface area contributed by atoms with E-state index in [4.69, 9.17) is 0 Å². The van der Waals surface area contributed by atoms with Crippen LogP contribution in [0.1, 0.15) is 33.1 Å². The maximum absolute atomic E-state index is 10.5. The summed E-state index contributed by atoms with van der Waals surface area (Å²) in [4.78, 5) is 12.9. The van der Waals surface area contributed by atoms with Gasteiger partial charge in [0.15, 0.2) is 5.62 Å². The Balaban J connectivity index is 2.55. The number of rotatable bonds is 5. The standard InChI is InChI=1S/C10H20N2OS/c1-3-11(4-2)10-7-5-6-8-12(10)14-9-13/h9-10H,3-8H2,1-2H3. The molecule has 1 aliphatic heterocycles. The highest BCUT2D eigenvalue weighted by molar-refractivity contribution is 8.09. The van der Waals surface area contributed by atoms with E-state index >= 15 is 0 Å². The lowest BCUT2D eigenvalue weighted by atomic mass is 10.1. The van der Waals surface area contributed by atoms with Crippen molar-refractivity contribution in [1.82, 2.24) is 9.21 Å². The van der Waals surface area contributed by atoms with Gasteiger partial charge in [0.1, 0.15) is 0 Å². The Morgan fingerprint density at radius 3 is 2.71 bits per heavy atom. The molecule has 14 heavy (non-hydrogen) atoms. The summed E-state index contributed by atoms with van der Waals surface area (Å²) in [5.41, 5.74) is 0.946. The quantitative estimate of drug-likeness (QED) is 0.518. The number of nitrogens with zero attached hydrogens (tertiary/aromatic N) is 2. The minimum Gasteiger partial charge on any atom is -0.290 e. The molecule has 0 N–H and O–H groups in total. The number of piperidine rings is 1. The third kappa shape index (κ3) is 2.97. The highest BCUT2D eigenvalue weighted by Crippen LogP contribution is 2.25. The second kappa shape index (κ2) is 6.43. The molecule has 1 unspecified atom stereocenters. The summed E-state index contributed by atoms with van der Waals surface area (Å²) < 4.78 is 2.23. The summed E-state index contributed by atoms with van der Waals surface area (Å²) in [6.45, 7) is 7.54. The van der Waals surface area contributed by atoms with Crippen molar-refractivity contribution in [2.75, 3.05) is 19.6 Å². The maximum Gasteiger partial charge on any atom is 0.191 e. The molecule has 1 saturated heterocycles. The van der Waals surface area contributed by atoms with Crippen LogP contribution in [0.15, 0.2) is 0 Å². The molecule has 3 nitrogen and oxygen atoms in total.